The number of rotatable bonds is 2. The van der Waals surface area contributed by atoms with Crippen LogP contribution < -0.4 is 5.32 Å². The van der Waals surface area contributed by atoms with E-state index in [1.807, 2.05) is 24.3 Å². The number of nitrogens with zero attached hydrogens (tertiary/aromatic N) is 1. The normalized spacial score (nSPS) is 16.1. The Morgan fingerprint density at radius 2 is 1.90 bits per heavy atom. The maximum atomic E-state index is 13.7. The minimum Gasteiger partial charge on any atom is -0.443 e. The quantitative estimate of drug-likeness (QED) is 0.346. The summed E-state index contributed by atoms with van der Waals surface area (Å²) in [5.74, 6) is -0.183. The van der Waals surface area contributed by atoms with Gasteiger partial charge in [0.2, 0.25) is 5.78 Å². The van der Waals surface area contributed by atoms with Crippen LogP contribution in [0, 0.1) is 3.57 Å². The first kappa shape index (κ1) is 20.4. The van der Waals surface area contributed by atoms with Crippen molar-refractivity contribution in [2.75, 3.05) is 0 Å². The fourth-order valence-electron chi connectivity index (χ4n) is 3.64. The van der Waals surface area contributed by atoms with E-state index in [2.05, 4.69) is 27.9 Å². The molecule has 1 unspecified atom stereocenters. The van der Waals surface area contributed by atoms with Crippen LogP contribution in [0.5, 0.6) is 0 Å². The summed E-state index contributed by atoms with van der Waals surface area (Å²) in [6.07, 6.45) is -0.595. The lowest BCUT2D eigenvalue weighted by atomic mass is 10.00. The molecule has 29 heavy (non-hydrogen) atoms. The summed E-state index contributed by atoms with van der Waals surface area (Å²) in [6, 6.07) is 12.6. The molecule has 0 radical (unpaired) electrons. The van der Waals surface area contributed by atoms with Crippen molar-refractivity contribution in [2.45, 2.75) is 39.0 Å². The van der Waals surface area contributed by atoms with Crippen LogP contribution in [0.25, 0.3) is 10.9 Å². The topological polar surface area (TPSA) is 60.3 Å². The molecule has 3 aromatic rings. The summed E-state index contributed by atoms with van der Waals surface area (Å²) in [5.41, 5.74) is 2.16. The number of fused-ring (bicyclic) bond motifs is 2. The van der Waals surface area contributed by atoms with Gasteiger partial charge in [0.25, 0.3) is 0 Å². The van der Waals surface area contributed by atoms with Crippen LogP contribution in [0.3, 0.4) is 0 Å². The Bertz CT molecular complexity index is 1150. The number of Topliss-reactive ketones (excluding diaryl/α,β-unsaturated/α-hetero) is 1. The molecule has 1 aliphatic heterocycles. The average Bonchev–Trinajstić information content (AvgIpc) is 3.20. The first-order valence-electron chi connectivity index (χ1n) is 9.26. The van der Waals surface area contributed by atoms with Crippen molar-refractivity contribution in [1.82, 2.24) is 9.88 Å². The number of benzene rings is 2. The Kier molecular flexibility index (Phi) is 5.21. The predicted molar refractivity (Wildman–Crippen MR) is 122 cm³/mol. The number of ketones is 1. The zero-order valence-electron chi connectivity index (χ0n) is 16.3. The molecule has 150 valence electrons. The standard InChI is InChI=1S/C22H20ClIN2O3/c1-22(2,3)29-21(28)26-15-10-6-9-14(23)16(15)17(24)19(26)20(27)18-13-8-5-4-7-12(13)11-25-18/h4-10,18,25H,11H2,1-3H3. The molecule has 0 bridgehead atoms. The molecular formula is C22H20ClIN2O3. The highest BCUT2D eigenvalue weighted by Gasteiger charge is 2.35. The van der Waals surface area contributed by atoms with Crippen molar-refractivity contribution in [2.24, 2.45) is 0 Å². The van der Waals surface area contributed by atoms with Gasteiger partial charge in [-0.2, -0.15) is 0 Å². The van der Waals surface area contributed by atoms with E-state index in [0.29, 0.717) is 26.0 Å². The maximum absolute atomic E-state index is 13.7. The van der Waals surface area contributed by atoms with Gasteiger partial charge >= 0.3 is 6.09 Å². The smallest absolute Gasteiger partial charge is 0.419 e. The van der Waals surface area contributed by atoms with Crippen LogP contribution in [0.1, 0.15) is 48.4 Å². The van der Waals surface area contributed by atoms with Crippen LogP contribution in [-0.2, 0) is 11.3 Å². The van der Waals surface area contributed by atoms with Crippen LogP contribution in [0.15, 0.2) is 42.5 Å². The first-order chi connectivity index (χ1) is 13.7. The minimum absolute atomic E-state index is 0.183. The van der Waals surface area contributed by atoms with Gasteiger partial charge in [-0.05, 0) is 66.6 Å². The molecule has 0 aliphatic carbocycles. The molecule has 0 saturated heterocycles. The van der Waals surface area contributed by atoms with Gasteiger partial charge in [0, 0.05) is 11.9 Å². The molecule has 2 heterocycles. The van der Waals surface area contributed by atoms with Crippen LogP contribution in [-0.4, -0.2) is 22.0 Å². The van der Waals surface area contributed by atoms with Gasteiger partial charge in [0.1, 0.15) is 11.3 Å². The number of hydrogen-bond acceptors (Lipinski definition) is 4. The summed E-state index contributed by atoms with van der Waals surface area (Å²) in [5, 5.41) is 4.43. The molecule has 7 heteroatoms. The molecule has 1 aromatic heterocycles. The zero-order valence-corrected chi connectivity index (χ0v) is 19.2. The Hall–Kier alpha value is -1.90. The molecule has 0 spiro atoms. The van der Waals surface area contributed by atoms with E-state index >= 15 is 0 Å². The number of carbonyl (C=O) groups is 2. The van der Waals surface area contributed by atoms with Crippen molar-refractivity contribution in [3.05, 3.63) is 67.9 Å². The SMILES string of the molecule is CC(C)(C)OC(=O)n1c(C(=O)C2NCc3ccccc32)c(I)c2c(Cl)cccc21. The Morgan fingerprint density at radius 3 is 2.62 bits per heavy atom. The van der Waals surface area contributed by atoms with Crippen molar-refractivity contribution in [3.63, 3.8) is 0 Å². The van der Waals surface area contributed by atoms with E-state index in [-0.39, 0.29) is 11.5 Å². The number of hydrogen-bond donors (Lipinski definition) is 1. The van der Waals surface area contributed by atoms with Gasteiger partial charge in [-0.25, -0.2) is 9.36 Å². The van der Waals surface area contributed by atoms with E-state index in [1.54, 1.807) is 39.0 Å². The van der Waals surface area contributed by atoms with Gasteiger partial charge in [0.05, 0.1) is 20.2 Å². The van der Waals surface area contributed by atoms with Gasteiger partial charge in [-0.3, -0.25) is 10.1 Å². The van der Waals surface area contributed by atoms with E-state index in [0.717, 1.165) is 11.1 Å². The molecular weight excluding hydrogens is 503 g/mol. The van der Waals surface area contributed by atoms with E-state index in [1.165, 1.54) is 4.57 Å². The number of halogens is 2. The van der Waals surface area contributed by atoms with E-state index < -0.39 is 17.7 Å². The van der Waals surface area contributed by atoms with Gasteiger partial charge in [-0.15, -0.1) is 0 Å². The second-order valence-corrected chi connectivity index (χ2v) is 9.48. The Labute approximate surface area is 187 Å². The van der Waals surface area contributed by atoms with Crippen molar-refractivity contribution in [1.29, 1.82) is 0 Å². The highest BCUT2D eigenvalue weighted by Crippen LogP contribution is 2.37. The second kappa shape index (κ2) is 7.41. The van der Waals surface area contributed by atoms with E-state index in [4.69, 9.17) is 16.3 Å². The third-order valence-electron chi connectivity index (χ3n) is 4.82. The molecule has 0 fully saturated rings. The van der Waals surface area contributed by atoms with E-state index in [9.17, 15) is 9.59 Å². The molecule has 1 aliphatic rings. The van der Waals surface area contributed by atoms with Crippen LogP contribution >= 0.6 is 34.2 Å². The molecule has 1 atom stereocenters. The van der Waals surface area contributed by atoms with Crippen LogP contribution in [0.2, 0.25) is 5.02 Å². The minimum atomic E-state index is -0.698. The summed E-state index contributed by atoms with van der Waals surface area (Å²) in [4.78, 5) is 26.8. The Morgan fingerprint density at radius 1 is 1.17 bits per heavy atom. The zero-order chi connectivity index (χ0) is 20.9. The van der Waals surface area contributed by atoms with Gasteiger partial charge in [0.15, 0.2) is 0 Å². The number of aromatic nitrogens is 1. The largest absolute Gasteiger partial charge is 0.443 e. The Balaban J connectivity index is 1.91. The van der Waals surface area contributed by atoms with Crippen molar-refractivity contribution in [3.8, 4) is 0 Å². The van der Waals surface area contributed by atoms with Crippen molar-refractivity contribution < 1.29 is 14.3 Å². The van der Waals surface area contributed by atoms with Crippen molar-refractivity contribution >= 4 is 57.0 Å². The third kappa shape index (κ3) is 3.58. The fraction of sp³-hybridized carbons (Fsp3) is 0.273. The fourth-order valence-corrected chi connectivity index (χ4v) is 5.14. The summed E-state index contributed by atoms with van der Waals surface area (Å²) >= 11 is 8.53. The molecule has 1 N–H and O–H groups in total. The molecule has 5 nitrogen and oxygen atoms in total. The second-order valence-electron chi connectivity index (χ2n) is 7.99. The summed E-state index contributed by atoms with van der Waals surface area (Å²) in [7, 11) is 0. The summed E-state index contributed by atoms with van der Waals surface area (Å²) in [6.45, 7) is 6.00. The lowest BCUT2D eigenvalue weighted by Crippen LogP contribution is -2.31. The molecule has 0 saturated carbocycles. The number of ether oxygens (including phenoxy) is 1. The third-order valence-corrected chi connectivity index (χ3v) is 6.18. The lowest BCUT2D eigenvalue weighted by molar-refractivity contribution is 0.0534. The van der Waals surface area contributed by atoms with Gasteiger partial charge in [-0.1, -0.05) is 41.9 Å². The van der Waals surface area contributed by atoms with Gasteiger partial charge < -0.3 is 4.74 Å². The lowest BCUT2D eigenvalue weighted by Gasteiger charge is -2.21. The maximum Gasteiger partial charge on any atom is 0.419 e. The number of carbonyl (C=O) groups excluding carboxylic acids is 2. The summed E-state index contributed by atoms with van der Waals surface area (Å²) < 4.78 is 7.62. The first-order valence-corrected chi connectivity index (χ1v) is 10.7. The predicted octanol–water partition coefficient (Wildman–Crippen LogP) is 5.71. The molecule has 2 aromatic carbocycles. The highest BCUT2D eigenvalue weighted by molar-refractivity contribution is 14.1. The monoisotopic (exact) mass is 522 g/mol. The average molecular weight is 523 g/mol. The molecule has 0 amide bonds. The highest BCUT2D eigenvalue weighted by atomic mass is 127. The molecule has 4 rings (SSSR count). The number of nitrogens with one attached hydrogen (secondary N) is 1. The van der Waals surface area contributed by atoms with Crippen LogP contribution in [0.4, 0.5) is 4.79 Å².